The fourth-order valence-corrected chi connectivity index (χ4v) is 2.35. The van der Waals surface area contributed by atoms with Crippen LogP contribution in [0.15, 0.2) is 30.3 Å². The molecule has 0 aliphatic rings. The molecule has 2 aromatic heterocycles. The third kappa shape index (κ3) is 3.77. The molecule has 1 aromatic carbocycles. The van der Waals surface area contributed by atoms with Gasteiger partial charge in [-0.05, 0) is 32.0 Å². The first-order valence-corrected chi connectivity index (χ1v) is 7.78. The maximum Gasteiger partial charge on any atom is 0.378 e. The molecule has 134 valence electrons. The van der Waals surface area contributed by atoms with Crippen LogP contribution < -0.4 is 10.1 Å². The maximum absolute atomic E-state index is 12.1. The minimum atomic E-state index is -0.798. The van der Waals surface area contributed by atoms with Crippen LogP contribution in [0.3, 0.4) is 0 Å². The van der Waals surface area contributed by atoms with E-state index in [9.17, 15) is 9.59 Å². The number of carbonyl (C=O) groups excluding carboxylic acids is 2. The van der Waals surface area contributed by atoms with Crippen molar-refractivity contribution in [2.45, 2.75) is 13.8 Å². The number of nitrogens with one attached hydrogen (secondary N) is 1. The van der Waals surface area contributed by atoms with Gasteiger partial charge in [0.25, 0.3) is 17.5 Å². The second-order valence-electron chi connectivity index (χ2n) is 5.54. The second-order valence-corrected chi connectivity index (χ2v) is 5.54. The molecule has 0 spiro atoms. The van der Waals surface area contributed by atoms with E-state index in [4.69, 9.17) is 9.47 Å². The van der Waals surface area contributed by atoms with Crippen molar-refractivity contribution in [3.8, 4) is 5.75 Å². The third-order valence-electron chi connectivity index (χ3n) is 3.49. The zero-order chi connectivity index (χ0) is 18.7. The van der Waals surface area contributed by atoms with E-state index in [1.807, 2.05) is 19.9 Å². The highest BCUT2D eigenvalue weighted by molar-refractivity contribution is 5.94. The zero-order valence-electron chi connectivity index (χ0n) is 14.5. The van der Waals surface area contributed by atoms with Crippen molar-refractivity contribution < 1.29 is 19.1 Å². The minimum Gasteiger partial charge on any atom is -0.497 e. The number of esters is 1. The number of ether oxygens (including phenoxy) is 2. The molecule has 0 unspecified atom stereocenters. The van der Waals surface area contributed by atoms with Crippen molar-refractivity contribution in [2.24, 2.45) is 0 Å². The van der Waals surface area contributed by atoms with Crippen LogP contribution in [0.5, 0.6) is 5.75 Å². The lowest BCUT2D eigenvalue weighted by molar-refractivity contribution is -0.119. The molecule has 0 fully saturated rings. The van der Waals surface area contributed by atoms with Gasteiger partial charge in [0.05, 0.1) is 7.11 Å². The average Bonchev–Trinajstić information content (AvgIpc) is 3.04. The highest BCUT2D eigenvalue weighted by Gasteiger charge is 2.17. The molecule has 0 bridgehead atoms. The summed E-state index contributed by atoms with van der Waals surface area (Å²) in [6.45, 7) is 3.19. The number of hydrogen-bond acceptors (Lipinski definition) is 7. The van der Waals surface area contributed by atoms with Crippen LogP contribution in [0.2, 0.25) is 0 Å². The Kier molecular flexibility index (Phi) is 4.78. The van der Waals surface area contributed by atoms with E-state index in [1.165, 1.54) is 11.6 Å². The fourth-order valence-electron chi connectivity index (χ4n) is 2.35. The molecule has 0 saturated heterocycles. The van der Waals surface area contributed by atoms with Crippen LogP contribution in [0.1, 0.15) is 22.0 Å². The van der Waals surface area contributed by atoms with Gasteiger partial charge in [0.1, 0.15) is 5.75 Å². The third-order valence-corrected chi connectivity index (χ3v) is 3.49. The number of hydrogen-bond donors (Lipinski definition) is 1. The van der Waals surface area contributed by atoms with Crippen LogP contribution in [0.4, 0.5) is 5.69 Å². The summed E-state index contributed by atoms with van der Waals surface area (Å²) >= 11 is 0. The summed E-state index contributed by atoms with van der Waals surface area (Å²) in [7, 11) is 1.53. The summed E-state index contributed by atoms with van der Waals surface area (Å²) in [5.41, 5.74) is 2.08. The zero-order valence-corrected chi connectivity index (χ0v) is 14.5. The van der Waals surface area contributed by atoms with Gasteiger partial charge >= 0.3 is 5.97 Å². The topological polar surface area (TPSA) is 108 Å². The van der Waals surface area contributed by atoms with Crippen molar-refractivity contribution >= 4 is 23.3 Å². The first kappa shape index (κ1) is 17.3. The van der Waals surface area contributed by atoms with E-state index in [-0.39, 0.29) is 5.82 Å². The number of amides is 1. The Balaban J connectivity index is 1.63. The summed E-state index contributed by atoms with van der Waals surface area (Å²) in [6.07, 6.45) is 0. The molecule has 3 rings (SSSR count). The highest BCUT2D eigenvalue weighted by atomic mass is 16.5. The van der Waals surface area contributed by atoms with Gasteiger partial charge in [-0.15, -0.1) is 5.10 Å². The summed E-state index contributed by atoms with van der Waals surface area (Å²) in [4.78, 5) is 32.2. The molecule has 9 nitrogen and oxygen atoms in total. The van der Waals surface area contributed by atoms with Gasteiger partial charge in [0.15, 0.2) is 6.61 Å². The molecule has 1 N–H and O–H groups in total. The Morgan fingerprint density at radius 2 is 2.00 bits per heavy atom. The van der Waals surface area contributed by atoms with Gasteiger partial charge in [-0.3, -0.25) is 4.79 Å². The molecule has 3 aromatic rings. The number of methoxy groups -OCH3 is 1. The number of aryl methyl sites for hydroxylation is 2. The Labute approximate surface area is 149 Å². The Morgan fingerprint density at radius 1 is 1.19 bits per heavy atom. The lowest BCUT2D eigenvalue weighted by Gasteiger charge is -2.07. The largest absolute Gasteiger partial charge is 0.497 e. The number of rotatable bonds is 5. The summed E-state index contributed by atoms with van der Waals surface area (Å²) in [5.74, 6) is -0.531. The molecule has 9 heteroatoms. The van der Waals surface area contributed by atoms with E-state index in [0.29, 0.717) is 17.2 Å². The van der Waals surface area contributed by atoms with Crippen molar-refractivity contribution in [1.82, 2.24) is 19.6 Å². The van der Waals surface area contributed by atoms with Gasteiger partial charge in [-0.25, -0.2) is 14.3 Å². The van der Waals surface area contributed by atoms with Crippen LogP contribution in [0, 0.1) is 13.8 Å². The van der Waals surface area contributed by atoms with E-state index in [2.05, 4.69) is 20.4 Å². The smallest absolute Gasteiger partial charge is 0.378 e. The number of carbonyl (C=O) groups is 2. The van der Waals surface area contributed by atoms with Gasteiger partial charge < -0.3 is 14.8 Å². The summed E-state index contributed by atoms with van der Waals surface area (Å²) in [5, 5.41) is 6.67. The number of fused-ring (bicyclic) bond motifs is 1. The van der Waals surface area contributed by atoms with Crippen molar-refractivity contribution in [1.29, 1.82) is 0 Å². The molecule has 0 radical (unpaired) electrons. The molecular formula is C17H17N5O4. The first-order valence-electron chi connectivity index (χ1n) is 7.78. The van der Waals surface area contributed by atoms with Crippen LogP contribution in [-0.2, 0) is 9.53 Å². The number of anilines is 1. The van der Waals surface area contributed by atoms with Gasteiger partial charge in [0.2, 0.25) is 0 Å². The van der Waals surface area contributed by atoms with Crippen molar-refractivity contribution in [3.05, 3.63) is 47.5 Å². The monoisotopic (exact) mass is 355 g/mol. The first-order chi connectivity index (χ1) is 12.5. The SMILES string of the molecule is COc1cccc(NC(=O)COC(=O)c2nc3nc(C)cc(C)n3n2)c1. The standard InChI is InChI=1S/C17H17N5O4/c1-10-7-11(2)22-17(18-10)20-15(21-22)16(24)26-9-14(23)19-12-5-4-6-13(8-12)25-3/h4-8H,9H2,1-3H3,(H,19,23). The van der Waals surface area contributed by atoms with Crippen LogP contribution in [-0.4, -0.2) is 45.2 Å². The van der Waals surface area contributed by atoms with E-state index < -0.39 is 18.5 Å². The number of aromatic nitrogens is 4. The second kappa shape index (κ2) is 7.18. The molecule has 1 amide bonds. The summed E-state index contributed by atoms with van der Waals surface area (Å²) < 4.78 is 11.5. The predicted octanol–water partition coefficient (Wildman–Crippen LogP) is 1.55. The predicted molar refractivity (Wildman–Crippen MR) is 92.2 cm³/mol. The molecule has 2 heterocycles. The molecule has 0 atom stereocenters. The van der Waals surface area contributed by atoms with Crippen LogP contribution in [0.25, 0.3) is 5.78 Å². The van der Waals surface area contributed by atoms with Crippen molar-refractivity contribution in [2.75, 3.05) is 19.0 Å². The molecule has 26 heavy (non-hydrogen) atoms. The van der Waals surface area contributed by atoms with Crippen LogP contribution >= 0.6 is 0 Å². The van der Waals surface area contributed by atoms with E-state index in [1.54, 1.807) is 24.3 Å². The average molecular weight is 355 g/mol. The summed E-state index contributed by atoms with van der Waals surface area (Å²) in [6, 6.07) is 8.65. The Bertz CT molecular complexity index is 982. The van der Waals surface area contributed by atoms with Gasteiger partial charge in [0, 0.05) is 23.1 Å². The lowest BCUT2D eigenvalue weighted by Crippen LogP contribution is -2.21. The number of benzene rings is 1. The van der Waals surface area contributed by atoms with Crippen molar-refractivity contribution in [3.63, 3.8) is 0 Å². The lowest BCUT2D eigenvalue weighted by atomic mass is 10.3. The maximum atomic E-state index is 12.1. The molecule has 0 saturated carbocycles. The molecule has 0 aliphatic heterocycles. The Hall–Kier alpha value is -3.49. The number of nitrogens with zero attached hydrogens (tertiary/aromatic N) is 4. The Morgan fingerprint density at radius 3 is 2.77 bits per heavy atom. The molecule has 0 aliphatic carbocycles. The van der Waals surface area contributed by atoms with Gasteiger partial charge in [-0.1, -0.05) is 6.07 Å². The van der Waals surface area contributed by atoms with Gasteiger partial charge in [-0.2, -0.15) is 4.98 Å². The van der Waals surface area contributed by atoms with E-state index >= 15 is 0 Å². The highest BCUT2D eigenvalue weighted by Crippen LogP contribution is 2.16. The minimum absolute atomic E-state index is 0.152. The molecular weight excluding hydrogens is 338 g/mol. The van der Waals surface area contributed by atoms with E-state index in [0.717, 1.165) is 11.4 Å². The normalized spacial score (nSPS) is 10.6. The quantitative estimate of drug-likeness (QED) is 0.692. The fraction of sp³-hybridized carbons (Fsp3) is 0.235.